The fraction of sp³-hybridized carbons (Fsp3) is 0.167. The van der Waals surface area contributed by atoms with E-state index in [1.165, 1.54) is 0 Å². The molecule has 1 aromatic rings. The number of carboxylic acid groups (broad SMARTS) is 1. The maximum Gasteiger partial charge on any atom is 0.0383 e. The molecule has 0 aliphatic carbocycles. The first-order valence-electron chi connectivity index (χ1n) is 2.38. The molecule has 0 fully saturated rings. The van der Waals surface area contributed by atoms with Gasteiger partial charge in [-0.1, -0.05) is 12.1 Å². The fourth-order valence-corrected chi connectivity index (χ4v) is 0.680. The number of aliphatic carboxylic acids is 1. The Labute approximate surface area is 57.8 Å². The average molecular weight is 143 g/mol. The Morgan fingerprint density at radius 1 is 1.44 bits per heavy atom. The van der Waals surface area contributed by atoms with Crippen molar-refractivity contribution >= 4 is 17.3 Å². The zero-order chi connectivity index (χ0) is 7.11. The second-order valence-corrected chi connectivity index (χ2v) is 2.10. The first-order chi connectivity index (χ1) is 4.23. The van der Waals surface area contributed by atoms with Crippen LogP contribution in [0.5, 0.6) is 0 Å². The van der Waals surface area contributed by atoms with E-state index in [-0.39, 0.29) is 0 Å². The van der Waals surface area contributed by atoms with Crippen molar-refractivity contribution in [1.29, 1.82) is 0 Å². The summed E-state index contributed by atoms with van der Waals surface area (Å²) in [6, 6.07) is 4.04. The Morgan fingerprint density at radius 2 is 1.78 bits per heavy atom. The quantitative estimate of drug-likeness (QED) is 0.530. The summed E-state index contributed by atoms with van der Waals surface area (Å²) in [7, 11) is 0. The Hall–Kier alpha value is -0.830. The summed E-state index contributed by atoms with van der Waals surface area (Å²) in [5.41, 5.74) is 0. The fourth-order valence-electron chi connectivity index (χ4n) is 0.227. The van der Waals surface area contributed by atoms with Crippen LogP contribution in [0, 0.1) is 0 Å². The van der Waals surface area contributed by atoms with Gasteiger partial charge in [-0.3, -0.25) is 0 Å². The van der Waals surface area contributed by atoms with Crippen LogP contribution in [-0.4, -0.2) is 5.97 Å². The average Bonchev–Trinajstić information content (AvgIpc) is 2.11. The molecule has 0 radical (unpaired) electrons. The largest absolute Gasteiger partial charge is 0.550 e. The highest BCUT2D eigenvalue weighted by molar-refractivity contribution is 7.07. The summed E-state index contributed by atoms with van der Waals surface area (Å²) in [6.07, 6.45) is 0. The second-order valence-electron chi connectivity index (χ2n) is 1.28. The molecule has 0 aromatic carbocycles. The predicted molar refractivity (Wildman–Crippen MR) is 35.0 cm³/mol. The number of carbonyl (C=O) groups excluding carboxylic acids is 1. The van der Waals surface area contributed by atoms with Crippen molar-refractivity contribution in [3.63, 3.8) is 0 Å². The van der Waals surface area contributed by atoms with Crippen molar-refractivity contribution < 1.29 is 9.90 Å². The lowest BCUT2D eigenvalue weighted by Crippen LogP contribution is -2.16. The van der Waals surface area contributed by atoms with E-state index >= 15 is 0 Å². The van der Waals surface area contributed by atoms with E-state index in [4.69, 9.17) is 9.90 Å². The molecular weight excluding hydrogens is 136 g/mol. The zero-order valence-corrected chi connectivity index (χ0v) is 5.85. The molecule has 1 aromatic heterocycles. The van der Waals surface area contributed by atoms with Crippen LogP contribution in [0.3, 0.4) is 0 Å². The van der Waals surface area contributed by atoms with Gasteiger partial charge in [0.15, 0.2) is 0 Å². The minimum Gasteiger partial charge on any atom is -0.550 e. The van der Waals surface area contributed by atoms with Gasteiger partial charge in [0.1, 0.15) is 0 Å². The molecule has 0 aliphatic heterocycles. The topological polar surface area (TPSA) is 40.1 Å². The lowest BCUT2D eigenvalue weighted by Gasteiger charge is -1.77. The normalized spacial score (nSPS) is 7.22. The molecule has 50 valence electrons. The molecule has 0 atom stereocenters. The van der Waals surface area contributed by atoms with Gasteiger partial charge >= 0.3 is 0 Å². The predicted octanol–water partition coefficient (Wildman–Crippen LogP) is 0.504. The molecule has 1 rings (SSSR count). The van der Waals surface area contributed by atoms with Gasteiger partial charge in [-0.15, -0.1) is 0 Å². The summed E-state index contributed by atoms with van der Waals surface area (Å²) in [6.45, 7) is 0.972. The number of rotatable bonds is 0. The number of carboxylic acids is 1. The van der Waals surface area contributed by atoms with Crippen LogP contribution in [-0.2, 0) is 4.79 Å². The molecule has 0 spiro atoms. The molecule has 0 saturated heterocycles. The molecule has 9 heavy (non-hydrogen) atoms. The van der Waals surface area contributed by atoms with Crippen molar-refractivity contribution in [3.8, 4) is 0 Å². The molecule has 0 aliphatic rings. The maximum absolute atomic E-state index is 8.89. The summed E-state index contributed by atoms with van der Waals surface area (Å²) in [4.78, 5) is 8.89. The van der Waals surface area contributed by atoms with Gasteiger partial charge in [0.05, 0.1) is 0 Å². The van der Waals surface area contributed by atoms with Crippen LogP contribution >= 0.6 is 11.3 Å². The van der Waals surface area contributed by atoms with Gasteiger partial charge in [0.2, 0.25) is 0 Å². The number of carbonyl (C=O) groups is 1. The standard InChI is InChI=1S/C4H4S.C2H4O2/c1-2-4-5-3-1;1-2(3)4/h1-4H;1H3,(H,3,4)/p-1. The Kier molecular flexibility index (Phi) is 4.82. The van der Waals surface area contributed by atoms with Crippen molar-refractivity contribution in [2.75, 3.05) is 0 Å². The van der Waals surface area contributed by atoms with E-state index in [0.29, 0.717) is 0 Å². The van der Waals surface area contributed by atoms with Gasteiger partial charge < -0.3 is 9.90 Å². The van der Waals surface area contributed by atoms with Gasteiger partial charge in [0.25, 0.3) is 0 Å². The van der Waals surface area contributed by atoms with Gasteiger partial charge in [-0.05, 0) is 17.7 Å². The van der Waals surface area contributed by atoms with Crippen LogP contribution in [0.4, 0.5) is 0 Å². The zero-order valence-electron chi connectivity index (χ0n) is 5.03. The molecule has 0 bridgehead atoms. The van der Waals surface area contributed by atoms with E-state index in [1.54, 1.807) is 11.3 Å². The highest BCUT2D eigenvalue weighted by Gasteiger charge is 1.58. The lowest BCUT2D eigenvalue weighted by atomic mass is 10.7. The third-order valence-electron chi connectivity index (χ3n) is 0.425. The highest BCUT2D eigenvalue weighted by Crippen LogP contribution is 1.91. The lowest BCUT2D eigenvalue weighted by molar-refractivity contribution is -0.302. The molecule has 0 saturated carbocycles. The molecule has 1 heterocycles. The maximum atomic E-state index is 8.89. The van der Waals surface area contributed by atoms with E-state index in [2.05, 4.69) is 0 Å². The molecule has 0 amide bonds. The number of thiophene rings is 1. The molecule has 0 unspecified atom stereocenters. The number of hydrogen-bond acceptors (Lipinski definition) is 3. The third kappa shape index (κ3) is 11.0. The smallest absolute Gasteiger partial charge is 0.0383 e. The summed E-state index contributed by atoms with van der Waals surface area (Å²) in [5, 5.41) is 13.0. The number of hydrogen-bond donors (Lipinski definition) is 0. The van der Waals surface area contributed by atoms with Crippen LogP contribution in [0.25, 0.3) is 0 Å². The summed E-state index contributed by atoms with van der Waals surface area (Å²) in [5.74, 6) is -1.08. The highest BCUT2D eigenvalue weighted by atomic mass is 32.1. The van der Waals surface area contributed by atoms with Gasteiger partial charge in [0, 0.05) is 5.97 Å². The monoisotopic (exact) mass is 143 g/mol. The van der Waals surface area contributed by atoms with E-state index in [1.807, 2.05) is 22.9 Å². The Balaban J connectivity index is 0.000000148. The molecular formula is C6H7O2S-. The molecule has 2 nitrogen and oxygen atoms in total. The van der Waals surface area contributed by atoms with Crippen LogP contribution in [0.15, 0.2) is 22.9 Å². The minimum atomic E-state index is -1.08. The van der Waals surface area contributed by atoms with E-state index in [9.17, 15) is 0 Å². The first-order valence-corrected chi connectivity index (χ1v) is 3.32. The van der Waals surface area contributed by atoms with Gasteiger partial charge in [-0.25, -0.2) is 0 Å². The van der Waals surface area contributed by atoms with E-state index in [0.717, 1.165) is 6.92 Å². The summed E-state index contributed by atoms with van der Waals surface area (Å²) < 4.78 is 0. The Bertz CT molecular complexity index is 125. The third-order valence-corrected chi connectivity index (χ3v) is 1.05. The summed E-state index contributed by atoms with van der Waals surface area (Å²) >= 11 is 1.71. The van der Waals surface area contributed by atoms with Crippen LogP contribution < -0.4 is 5.11 Å². The van der Waals surface area contributed by atoms with Crippen LogP contribution in [0.1, 0.15) is 6.92 Å². The minimum absolute atomic E-state index is 0.972. The first kappa shape index (κ1) is 8.17. The SMILES string of the molecule is CC(=O)[O-].c1ccsc1. The van der Waals surface area contributed by atoms with Crippen LogP contribution in [0.2, 0.25) is 0 Å². The van der Waals surface area contributed by atoms with Crippen molar-refractivity contribution in [3.05, 3.63) is 22.9 Å². The van der Waals surface area contributed by atoms with Gasteiger partial charge in [-0.2, -0.15) is 11.3 Å². The van der Waals surface area contributed by atoms with Crippen molar-refractivity contribution in [1.82, 2.24) is 0 Å². The molecule has 3 heteroatoms. The molecule has 0 N–H and O–H groups in total. The van der Waals surface area contributed by atoms with Crippen molar-refractivity contribution in [2.24, 2.45) is 0 Å². The Morgan fingerprint density at radius 3 is 1.89 bits per heavy atom. The second kappa shape index (κ2) is 5.31. The van der Waals surface area contributed by atoms with Crippen molar-refractivity contribution in [2.45, 2.75) is 6.92 Å². The van der Waals surface area contributed by atoms with E-state index < -0.39 is 5.97 Å².